The SMILES string of the molecule is CCOC(=O)C(C=Cc1ccccc1)Oc1ccccc1. The maximum atomic E-state index is 12.0. The van der Waals surface area contributed by atoms with Crippen molar-refractivity contribution in [3.63, 3.8) is 0 Å². The molecule has 0 radical (unpaired) electrons. The topological polar surface area (TPSA) is 35.5 Å². The zero-order chi connectivity index (χ0) is 14.9. The molecule has 3 heteroatoms. The Balaban J connectivity index is 2.12. The standard InChI is InChI=1S/C18H18O3/c1-2-20-18(19)17(21-16-11-7-4-8-12-16)14-13-15-9-5-3-6-10-15/h3-14,17H,2H2,1H3. The number of carbonyl (C=O) groups is 1. The van der Waals surface area contributed by atoms with Gasteiger partial charge in [-0.15, -0.1) is 0 Å². The molecule has 1 unspecified atom stereocenters. The molecular weight excluding hydrogens is 264 g/mol. The van der Waals surface area contributed by atoms with Gasteiger partial charge in [-0.3, -0.25) is 0 Å². The van der Waals surface area contributed by atoms with Gasteiger partial charge in [0.25, 0.3) is 0 Å². The van der Waals surface area contributed by atoms with Gasteiger partial charge in [0.2, 0.25) is 6.10 Å². The molecule has 108 valence electrons. The van der Waals surface area contributed by atoms with Gasteiger partial charge in [0.05, 0.1) is 6.61 Å². The molecule has 0 spiro atoms. The molecule has 0 bridgehead atoms. The summed E-state index contributed by atoms with van der Waals surface area (Å²) in [6, 6.07) is 19.0. The van der Waals surface area contributed by atoms with Crippen molar-refractivity contribution in [3.8, 4) is 5.75 Å². The number of para-hydroxylation sites is 1. The molecule has 0 saturated carbocycles. The Bertz CT molecular complexity index is 576. The van der Waals surface area contributed by atoms with E-state index in [0.29, 0.717) is 12.4 Å². The normalized spacial score (nSPS) is 12.0. The number of carbonyl (C=O) groups excluding carboxylic acids is 1. The lowest BCUT2D eigenvalue weighted by Crippen LogP contribution is -2.27. The Kier molecular flexibility index (Phi) is 5.59. The largest absolute Gasteiger partial charge is 0.475 e. The third kappa shape index (κ3) is 4.80. The van der Waals surface area contributed by atoms with Gasteiger partial charge in [-0.05, 0) is 30.7 Å². The van der Waals surface area contributed by atoms with Gasteiger partial charge in [0.1, 0.15) is 5.75 Å². The van der Waals surface area contributed by atoms with Crippen LogP contribution < -0.4 is 4.74 Å². The Morgan fingerprint density at radius 3 is 2.29 bits per heavy atom. The molecule has 2 aromatic carbocycles. The molecule has 0 amide bonds. The van der Waals surface area contributed by atoms with Crippen LogP contribution in [-0.2, 0) is 9.53 Å². The average molecular weight is 282 g/mol. The zero-order valence-corrected chi connectivity index (χ0v) is 11.9. The first kappa shape index (κ1) is 14.9. The fourth-order valence-electron chi connectivity index (χ4n) is 1.80. The van der Waals surface area contributed by atoms with E-state index in [9.17, 15) is 4.79 Å². The highest BCUT2D eigenvalue weighted by molar-refractivity contribution is 5.78. The van der Waals surface area contributed by atoms with Crippen molar-refractivity contribution in [2.45, 2.75) is 13.0 Å². The van der Waals surface area contributed by atoms with Crippen LogP contribution in [-0.4, -0.2) is 18.7 Å². The van der Waals surface area contributed by atoms with E-state index in [0.717, 1.165) is 5.56 Å². The molecule has 2 aromatic rings. The lowest BCUT2D eigenvalue weighted by Gasteiger charge is -2.14. The van der Waals surface area contributed by atoms with Crippen LogP contribution in [0.1, 0.15) is 12.5 Å². The molecule has 2 rings (SSSR count). The third-order valence-electron chi connectivity index (χ3n) is 2.79. The van der Waals surface area contributed by atoms with E-state index in [-0.39, 0.29) is 0 Å². The van der Waals surface area contributed by atoms with Gasteiger partial charge in [-0.2, -0.15) is 0 Å². The van der Waals surface area contributed by atoms with Crippen molar-refractivity contribution in [1.82, 2.24) is 0 Å². The van der Waals surface area contributed by atoms with Crippen LogP contribution in [0.15, 0.2) is 66.7 Å². The number of hydrogen-bond acceptors (Lipinski definition) is 3. The summed E-state index contributed by atoms with van der Waals surface area (Å²) in [4.78, 5) is 12.0. The first-order valence-electron chi connectivity index (χ1n) is 6.91. The van der Waals surface area contributed by atoms with E-state index in [2.05, 4.69) is 0 Å². The maximum absolute atomic E-state index is 12.0. The van der Waals surface area contributed by atoms with Crippen LogP contribution >= 0.6 is 0 Å². The highest BCUT2D eigenvalue weighted by Crippen LogP contribution is 2.13. The summed E-state index contributed by atoms with van der Waals surface area (Å²) >= 11 is 0. The van der Waals surface area contributed by atoms with Gasteiger partial charge < -0.3 is 9.47 Å². The highest BCUT2D eigenvalue weighted by Gasteiger charge is 2.18. The van der Waals surface area contributed by atoms with Crippen molar-refractivity contribution in [3.05, 3.63) is 72.3 Å². The van der Waals surface area contributed by atoms with Gasteiger partial charge in [0.15, 0.2) is 0 Å². The molecule has 0 aliphatic rings. The predicted octanol–water partition coefficient (Wildman–Crippen LogP) is 3.71. The predicted molar refractivity (Wildman–Crippen MR) is 83.0 cm³/mol. The van der Waals surface area contributed by atoms with Crippen molar-refractivity contribution in [2.24, 2.45) is 0 Å². The Morgan fingerprint density at radius 2 is 1.67 bits per heavy atom. The third-order valence-corrected chi connectivity index (χ3v) is 2.79. The molecule has 0 saturated heterocycles. The van der Waals surface area contributed by atoms with Crippen LogP contribution in [0.2, 0.25) is 0 Å². The number of ether oxygens (including phenoxy) is 2. The van der Waals surface area contributed by atoms with Crippen molar-refractivity contribution < 1.29 is 14.3 Å². The lowest BCUT2D eigenvalue weighted by atomic mass is 10.2. The summed E-state index contributed by atoms with van der Waals surface area (Å²) < 4.78 is 10.7. The fourth-order valence-corrected chi connectivity index (χ4v) is 1.80. The smallest absolute Gasteiger partial charge is 0.351 e. The second-order valence-electron chi connectivity index (χ2n) is 4.37. The van der Waals surface area contributed by atoms with Crippen molar-refractivity contribution in [2.75, 3.05) is 6.61 Å². The summed E-state index contributed by atoms with van der Waals surface area (Å²) in [5.74, 6) is 0.238. The summed E-state index contributed by atoms with van der Waals surface area (Å²) in [6.45, 7) is 2.10. The molecule has 0 aromatic heterocycles. The molecule has 21 heavy (non-hydrogen) atoms. The van der Waals surface area contributed by atoms with Crippen LogP contribution in [0.25, 0.3) is 6.08 Å². The number of benzene rings is 2. The van der Waals surface area contributed by atoms with Gasteiger partial charge in [-0.1, -0.05) is 54.6 Å². The van der Waals surface area contributed by atoms with E-state index in [4.69, 9.17) is 9.47 Å². The van der Waals surface area contributed by atoms with Crippen LogP contribution in [0.3, 0.4) is 0 Å². The average Bonchev–Trinajstić information content (AvgIpc) is 2.53. The summed E-state index contributed by atoms with van der Waals surface area (Å²) in [5, 5.41) is 0. The zero-order valence-electron chi connectivity index (χ0n) is 11.9. The van der Waals surface area contributed by atoms with Crippen LogP contribution in [0.4, 0.5) is 0 Å². The Labute approximate surface area is 124 Å². The minimum atomic E-state index is -0.757. The molecule has 0 aliphatic carbocycles. The molecular formula is C18H18O3. The number of esters is 1. The van der Waals surface area contributed by atoms with E-state index >= 15 is 0 Å². The van der Waals surface area contributed by atoms with Gasteiger partial charge >= 0.3 is 5.97 Å². The van der Waals surface area contributed by atoms with Crippen molar-refractivity contribution >= 4 is 12.0 Å². The maximum Gasteiger partial charge on any atom is 0.351 e. The molecule has 3 nitrogen and oxygen atoms in total. The second-order valence-corrected chi connectivity index (χ2v) is 4.37. The fraction of sp³-hybridized carbons (Fsp3) is 0.167. The van der Waals surface area contributed by atoms with Gasteiger partial charge in [-0.25, -0.2) is 4.79 Å². The molecule has 1 atom stereocenters. The highest BCUT2D eigenvalue weighted by atomic mass is 16.6. The van der Waals surface area contributed by atoms with Crippen LogP contribution in [0.5, 0.6) is 5.75 Å². The van der Waals surface area contributed by atoms with Gasteiger partial charge in [0, 0.05) is 0 Å². The minimum absolute atomic E-state index is 0.326. The van der Waals surface area contributed by atoms with E-state index in [1.54, 1.807) is 13.0 Å². The molecule has 0 fully saturated rings. The Morgan fingerprint density at radius 1 is 1.05 bits per heavy atom. The quantitative estimate of drug-likeness (QED) is 0.758. The lowest BCUT2D eigenvalue weighted by molar-refractivity contribution is -0.149. The number of hydrogen-bond donors (Lipinski definition) is 0. The monoisotopic (exact) mass is 282 g/mol. The molecule has 0 aliphatic heterocycles. The number of rotatable bonds is 6. The second kappa shape index (κ2) is 7.90. The summed E-state index contributed by atoms with van der Waals surface area (Å²) in [6.07, 6.45) is 2.80. The van der Waals surface area contributed by atoms with E-state index < -0.39 is 12.1 Å². The van der Waals surface area contributed by atoms with E-state index in [1.807, 2.05) is 66.7 Å². The first-order chi connectivity index (χ1) is 10.3. The summed E-state index contributed by atoms with van der Waals surface area (Å²) in [7, 11) is 0. The molecule has 0 N–H and O–H groups in total. The first-order valence-corrected chi connectivity index (χ1v) is 6.91. The minimum Gasteiger partial charge on any atom is -0.475 e. The van der Waals surface area contributed by atoms with Crippen LogP contribution in [0, 0.1) is 0 Å². The Hall–Kier alpha value is -2.55. The van der Waals surface area contributed by atoms with Crippen molar-refractivity contribution in [1.29, 1.82) is 0 Å². The molecule has 0 heterocycles. The van der Waals surface area contributed by atoms with E-state index in [1.165, 1.54) is 0 Å². The summed E-state index contributed by atoms with van der Waals surface area (Å²) in [5.41, 5.74) is 1.00.